The molecule has 0 radical (unpaired) electrons. The van der Waals surface area contributed by atoms with Crippen LogP contribution in [0.5, 0.6) is 0 Å². The Kier molecular flexibility index (Phi) is 3.63. The first-order valence-corrected chi connectivity index (χ1v) is 6.90. The van der Waals surface area contributed by atoms with Crippen LogP contribution in [0, 0.1) is 12.7 Å². The summed E-state index contributed by atoms with van der Waals surface area (Å²) in [5.41, 5.74) is 2.36. The van der Waals surface area contributed by atoms with Crippen molar-refractivity contribution in [1.82, 2.24) is 0 Å². The van der Waals surface area contributed by atoms with Gasteiger partial charge in [-0.15, -0.1) is 0 Å². The quantitative estimate of drug-likeness (QED) is 0.868. The van der Waals surface area contributed by atoms with E-state index in [1.54, 1.807) is 31.2 Å². The molecular weight excluding hydrogens is 285 g/mol. The Hall–Kier alpha value is -2.69. The number of aryl methyl sites for hydroxylation is 1. The van der Waals surface area contributed by atoms with E-state index in [4.69, 9.17) is 4.74 Å². The molecule has 2 aromatic rings. The molecule has 3 rings (SSSR count). The van der Waals surface area contributed by atoms with Crippen LogP contribution in [0.3, 0.4) is 0 Å². The summed E-state index contributed by atoms with van der Waals surface area (Å²) < 4.78 is 18.4. The predicted octanol–water partition coefficient (Wildman–Crippen LogP) is 2.85. The van der Waals surface area contributed by atoms with Gasteiger partial charge in [0.2, 0.25) is 0 Å². The second kappa shape index (κ2) is 5.60. The number of hydrogen-bond acceptors (Lipinski definition) is 3. The van der Waals surface area contributed by atoms with Crippen LogP contribution in [0.15, 0.2) is 42.5 Å². The molecule has 0 bridgehead atoms. The van der Waals surface area contributed by atoms with Crippen molar-refractivity contribution in [1.29, 1.82) is 0 Å². The lowest BCUT2D eigenvalue weighted by molar-refractivity contribution is -0.125. The highest BCUT2D eigenvalue weighted by Gasteiger charge is 2.31. The van der Waals surface area contributed by atoms with Gasteiger partial charge in [0.1, 0.15) is 5.82 Å². The number of nitrogens with one attached hydrogen (secondary N) is 1. The van der Waals surface area contributed by atoms with Gasteiger partial charge in [-0.1, -0.05) is 24.3 Å². The van der Waals surface area contributed by atoms with Crippen molar-refractivity contribution < 1.29 is 18.7 Å². The summed E-state index contributed by atoms with van der Waals surface area (Å²) in [6, 6.07) is 11.2. The molecule has 1 aliphatic rings. The van der Waals surface area contributed by atoms with Crippen LogP contribution < -0.4 is 5.32 Å². The second-order valence-corrected chi connectivity index (χ2v) is 5.20. The fourth-order valence-corrected chi connectivity index (χ4v) is 2.42. The molecule has 0 saturated heterocycles. The minimum Gasteiger partial charge on any atom is -0.448 e. The number of carbonyl (C=O) groups is 2. The Labute approximate surface area is 126 Å². The number of anilines is 1. The number of rotatable bonds is 2. The number of amides is 1. The van der Waals surface area contributed by atoms with E-state index in [1.165, 1.54) is 12.1 Å². The molecule has 1 atom stereocenters. The van der Waals surface area contributed by atoms with Crippen LogP contribution in [0.1, 0.15) is 21.5 Å². The van der Waals surface area contributed by atoms with Gasteiger partial charge in [-0.25, -0.2) is 9.18 Å². The minimum atomic E-state index is -0.912. The summed E-state index contributed by atoms with van der Waals surface area (Å²) in [4.78, 5) is 24.2. The zero-order valence-corrected chi connectivity index (χ0v) is 11.9. The standard InChI is InChI=1S/C17H14FNO3/c1-10-6-7-12(18)9-14(10)19-16(20)15-8-11-4-2-3-5-13(11)17(21)22-15/h2-7,9,15H,8H2,1H3,(H,19,20). The average Bonchev–Trinajstić information content (AvgIpc) is 2.51. The first-order valence-electron chi connectivity index (χ1n) is 6.90. The van der Waals surface area contributed by atoms with Gasteiger partial charge >= 0.3 is 5.97 Å². The van der Waals surface area contributed by atoms with Gasteiger partial charge in [0.25, 0.3) is 5.91 Å². The third-order valence-corrected chi connectivity index (χ3v) is 3.64. The maximum absolute atomic E-state index is 13.3. The van der Waals surface area contributed by atoms with E-state index in [-0.39, 0.29) is 0 Å². The Bertz CT molecular complexity index is 757. The molecule has 112 valence electrons. The van der Waals surface area contributed by atoms with Crippen LogP contribution in [0.4, 0.5) is 10.1 Å². The number of hydrogen-bond donors (Lipinski definition) is 1. The highest BCUT2D eigenvalue weighted by molar-refractivity contribution is 6.00. The van der Waals surface area contributed by atoms with Crippen LogP contribution in [0.2, 0.25) is 0 Å². The smallest absolute Gasteiger partial charge is 0.339 e. The number of esters is 1. The van der Waals surface area contributed by atoms with Gasteiger partial charge in [-0.05, 0) is 36.2 Å². The Morgan fingerprint density at radius 1 is 1.27 bits per heavy atom. The van der Waals surface area contributed by atoms with Crippen molar-refractivity contribution >= 4 is 17.6 Å². The third kappa shape index (κ3) is 2.70. The lowest BCUT2D eigenvalue weighted by atomic mass is 9.98. The van der Waals surface area contributed by atoms with Gasteiger partial charge in [0.05, 0.1) is 5.56 Å². The second-order valence-electron chi connectivity index (χ2n) is 5.20. The summed E-state index contributed by atoms with van der Waals surface area (Å²) in [6.45, 7) is 1.76. The Morgan fingerprint density at radius 3 is 2.86 bits per heavy atom. The number of halogens is 1. The number of carbonyl (C=O) groups excluding carboxylic acids is 2. The van der Waals surface area contributed by atoms with E-state index in [0.29, 0.717) is 17.7 Å². The zero-order chi connectivity index (χ0) is 15.7. The van der Waals surface area contributed by atoms with E-state index < -0.39 is 23.8 Å². The average molecular weight is 299 g/mol. The molecule has 5 heteroatoms. The van der Waals surface area contributed by atoms with E-state index >= 15 is 0 Å². The van der Waals surface area contributed by atoms with Crippen molar-refractivity contribution in [3.8, 4) is 0 Å². The molecule has 1 heterocycles. The lowest BCUT2D eigenvalue weighted by Crippen LogP contribution is -2.38. The normalized spacial score (nSPS) is 16.6. The summed E-state index contributed by atoms with van der Waals surface area (Å²) in [5, 5.41) is 2.62. The highest BCUT2D eigenvalue weighted by Crippen LogP contribution is 2.22. The largest absolute Gasteiger partial charge is 0.448 e. The molecule has 1 unspecified atom stereocenters. The fourth-order valence-electron chi connectivity index (χ4n) is 2.42. The Balaban J connectivity index is 1.79. The molecule has 4 nitrogen and oxygen atoms in total. The van der Waals surface area contributed by atoms with Crippen LogP contribution >= 0.6 is 0 Å². The van der Waals surface area contributed by atoms with Gasteiger partial charge in [-0.2, -0.15) is 0 Å². The number of cyclic esters (lactones) is 1. The van der Waals surface area contributed by atoms with Crippen molar-refractivity contribution in [2.75, 3.05) is 5.32 Å². The van der Waals surface area contributed by atoms with Crippen molar-refractivity contribution in [3.05, 3.63) is 65.0 Å². The van der Waals surface area contributed by atoms with Crippen molar-refractivity contribution in [3.63, 3.8) is 0 Å². The molecule has 2 aromatic carbocycles. The van der Waals surface area contributed by atoms with E-state index in [9.17, 15) is 14.0 Å². The maximum atomic E-state index is 13.3. The zero-order valence-electron chi connectivity index (χ0n) is 11.9. The summed E-state index contributed by atoms with van der Waals surface area (Å²) in [5.74, 6) is -1.42. The molecule has 0 spiro atoms. The number of fused-ring (bicyclic) bond motifs is 1. The molecular formula is C17H14FNO3. The van der Waals surface area contributed by atoms with E-state index in [1.807, 2.05) is 6.07 Å². The van der Waals surface area contributed by atoms with Gasteiger partial charge in [0.15, 0.2) is 6.10 Å². The number of ether oxygens (including phenoxy) is 1. The van der Waals surface area contributed by atoms with Crippen LogP contribution in [-0.4, -0.2) is 18.0 Å². The van der Waals surface area contributed by atoms with Gasteiger partial charge < -0.3 is 10.1 Å². The maximum Gasteiger partial charge on any atom is 0.339 e. The van der Waals surface area contributed by atoms with Gasteiger partial charge in [-0.3, -0.25) is 4.79 Å². The SMILES string of the molecule is Cc1ccc(F)cc1NC(=O)C1Cc2ccccc2C(=O)O1. The first kappa shape index (κ1) is 14.3. The van der Waals surface area contributed by atoms with E-state index in [0.717, 1.165) is 11.1 Å². The molecule has 1 amide bonds. The first-order chi connectivity index (χ1) is 10.5. The third-order valence-electron chi connectivity index (χ3n) is 3.64. The predicted molar refractivity (Wildman–Crippen MR) is 79.1 cm³/mol. The molecule has 0 aliphatic carbocycles. The summed E-state index contributed by atoms with van der Waals surface area (Å²) in [7, 11) is 0. The molecule has 1 aliphatic heterocycles. The highest BCUT2D eigenvalue weighted by atomic mass is 19.1. The molecule has 0 fully saturated rings. The van der Waals surface area contributed by atoms with Gasteiger partial charge in [0, 0.05) is 12.1 Å². The van der Waals surface area contributed by atoms with Crippen LogP contribution in [-0.2, 0) is 16.0 Å². The van der Waals surface area contributed by atoms with Crippen molar-refractivity contribution in [2.24, 2.45) is 0 Å². The molecule has 0 saturated carbocycles. The summed E-state index contributed by atoms with van der Waals surface area (Å²) in [6.07, 6.45) is -0.604. The topological polar surface area (TPSA) is 55.4 Å². The Morgan fingerprint density at radius 2 is 2.05 bits per heavy atom. The van der Waals surface area contributed by atoms with Crippen LogP contribution in [0.25, 0.3) is 0 Å². The summed E-state index contributed by atoms with van der Waals surface area (Å²) >= 11 is 0. The van der Waals surface area contributed by atoms with E-state index in [2.05, 4.69) is 5.32 Å². The van der Waals surface area contributed by atoms with Crippen molar-refractivity contribution in [2.45, 2.75) is 19.4 Å². The molecule has 22 heavy (non-hydrogen) atoms. The molecule has 0 aromatic heterocycles. The molecule has 1 N–H and O–H groups in total. The lowest BCUT2D eigenvalue weighted by Gasteiger charge is -2.24. The fraction of sp³-hybridized carbons (Fsp3) is 0.176. The minimum absolute atomic E-state index is 0.308. The number of benzene rings is 2. The monoisotopic (exact) mass is 299 g/mol.